The molecule has 0 N–H and O–H groups in total. The van der Waals surface area contributed by atoms with Crippen molar-refractivity contribution in [2.45, 2.75) is 44.1 Å². The van der Waals surface area contributed by atoms with E-state index < -0.39 is 0 Å². The Hall–Kier alpha value is -0.670. The predicted octanol–water partition coefficient (Wildman–Crippen LogP) is 3.12. The van der Waals surface area contributed by atoms with Gasteiger partial charge in [-0.1, -0.05) is 12.8 Å². The molecule has 1 saturated carbocycles. The molecule has 0 saturated heterocycles. The van der Waals surface area contributed by atoms with Crippen molar-refractivity contribution < 1.29 is 4.79 Å². The van der Waals surface area contributed by atoms with Gasteiger partial charge in [-0.25, -0.2) is 0 Å². The van der Waals surface area contributed by atoms with Gasteiger partial charge in [0.25, 0.3) is 0 Å². The van der Waals surface area contributed by atoms with E-state index in [0.29, 0.717) is 12.2 Å². The fourth-order valence-corrected chi connectivity index (χ4v) is 3.56. The summed E-state index contributed by atoms with van der Waals surface area (Å²) in [5.74, 6) is 0.436. The summed E-state index contributed by atoms with van der Waals surface area (Å²) in [6.07, 6.45) is 6.07. The van der Waals surface area contributed by atoms with Gasteiger partial charge in [-0.05, 0) is 55.7 Å². The monoisotopic (exact) mass is 251 g/mol. The zero-order valence-corrected chi connectivity index (χ0v) is 11.6. The maximum absolute atomic E-state index is 12.5. The minimum Gasteiger partial charge on any atom is -0.298 e. The number of ketones is 1. The van der Waals surface area contributed by atoms with Gasteiger partial charge in [0.15, 0.2) is 5.78 Å². The van der Waals surface area contributed by atoms with Crippen molar-refractivity contribution in [1.82, 2.24) is 4.90 Å². The largest absolute Gasteiger partial charge is 0.298 e. The van der Waals surface area contributed by atoms with E-state index in [-0.39, 0.29) is 5.54 Å². The van der Waals surface area contributed by atoms with Crippen molar-refractivity contribution in [3.05, 3.63) is 22.4 Å². The second kappa shape index (κ2) is 5.32. The average Bonchev–Trinajstić information content (AvgIpc) is 2.97. The Morgan fingerprint density at radius 3 is 2.65 bits per heavy atom. The van der Waals surface area contributed by atoms with Gasteiger partial charge >= 0.3 is 0 Å². The number of carbonyl (C=O) groups excluding carboxylic acids is 1. The normalized spacial score (nSPS) is 18.8. The number of thiophene rings is 1. The molecule has 0 atom stereocenters. The molecule has 0 aromatic carbocycles. The molecule has 0 unspecified atom stereocenters. The Morgan fingerprint density at radius 1 is 1.41 bits per heavy atom. The third kappa shape index (κ3) is 2.61. The van der Waals surface area contributed by atoms with Crippen LogP contribution in [-0.2, 0) is 11.2 Å². The first-order valence-corrected chi connectivity index (χ1v) is 7.31. The molecule has 0 bridgehead atoms. The molecule has 1 aromatic heterocycles. The molecule has 1 heterocycles. The Balaban J connectivity index is 1.98. The molecule has 0 amide bonds. The number of hydrogen-bond donors (Lipinski definition) is 0. The summed E-state index contributed by atoms with van der Waals surface area (Å²) in [5.41, 5.74) is 1.14. The summed E-state index contributed by atoms with van der Waals surface area (Å²) in [5, 5.41) is 4.22. The van der Waals surface area contributed by atoms with Crippen LogP contribution >= 0.6 is 11.3 Å². The van der Waals surface area contributed by atoms with Gasteiger partial charge < -0.3 is 0 Å². The number of nitrogens with zero attached hydrogens (tertiary/aromatic N) is 1. The van der Waals surface area contributed by atoms with E-state index in [1.54, 1.807) is 11.3 Å². The maximum Gasteiger partial charge on any atom is 0.153 e. The lowest BCUT2D eigenvalue weighted by atomic mass is 9.87. The molecular weight excluding hydrogens is 230 g/mol. The molecule has 3 heteroatoms. The van der Waals surface area contributed by atoms with Crippen molar-refractivity contribution >= 4 is 17.1 Å². The van der Waals surface area contributed by atoms with Gasteiger partial charge in [-0.15, -0.1) is 0 Å². The quantitative estimate of drug-likeness (QED) is 0.801. The summed E-state index contributed by atoms with van der Waals surface area (Å²) < 4.78 is 0. The van der Waals surface area contributed by atoms with E-state index in [1.807, 2.05) is 14.1 Å². The minimum absolute atomic E-state index is 0.157. The van der Waals surface area contributed by atoms with Crippen molar-refractivity contribution in [3.8, 4) is 0 Å². The molecule has 1 aliphatic rings. The molecule has 0 spiro atoms. The zero-order chi connectivity index (χ0) is 12.3. The van der Waals surface area contributed by atoms with Crippen LogP contribution in [0.5, 0.6) is 0 Å². The number of hydrogen-bond acceptors (Lipinski definition) is 3. The second-order valence-corrected chi connectivity index (χ2v) is 5.97. The van der Waals surface area contributed by atoms with Crippen LogP contribution in [0.3, 0.4) is 0 Å². The lowest BCUT2D eigenvalue weighted by Crippen LogP contribution is -2.48. The van der Waals surface area contributed by atoms with Gasteiger partial charge in [0.05, 0.1) is 5.54 Å². The van der Waals surface area contributed by atoms with Crippen LogP contribution in [-0.4, -0.2) is 30.3 Å². The van der Waals surface area contributed by atoms with Gasteiger partial charge in [0.2, 0.25) is 0 Å². The summed E-state index contributed by atoms with van der Waals surface area (Å²) in [6.45, 7) is 0. The number of rotatable bonds is 5. The molecule has 1 fully saturated rings. The molecule has 1 aromatic rings. The van der Waals surface area contributed by atoms with E-state index >= 15 is 0 Å². The highest BCUT2D eigenvalue weighted by Crippen LogP contribution is 2.35. The van der Waals surface area contributed by atoms with Crippen LogP contribution in [0.2, 0.25) is 0 Å². The Morgan fingerprint density at radius 2 is 2.12 bits per heavy atom. The van der Waals surface area contributed by atoms with E-state index in [1.165, 1.54) is 18.4 Å². The van der Waals surface area contributed by atoms with Crippen LogP contribution in [0, 0.1) is 0 Å². The number of likely N-dealkylation sites (N-methyl/N-ethyl adjacent to an activating group) is 1. The Labute approximate surface area is 108 Å². The molecular formula is C14H21NOS. The highest BCUT2D eigenvalue weighted by molar-refractivity contribution is 7.07. The van der Waals surface area contributed by atoms with E-state index in [4.69, 9.17) is 0 Å². The van der Waals surface area contributed by atoms with Crippen molar-refractivity contribution in [1.29, 1.82) is 0 Å². The van der Waals surface area contributed by atoms with Gasteiger partial charge in [0.1, 0.15) is 0 Å². The summed E-state index contributed by atoms with van der Waals surface area (Å²) in [7, 11) is 4.10. The van der Waals surface area contributed by atoms with Crippen LogP contribution in [0.15, 0.2) is 16.8 Å². The zero-order valence-electron chi connectivity index (χ0n) is 10.7. The molecule has 2 rings (SSSR count). The van der Waals surface area contributed by atoms with Crippen LogP contribution in [0.1, 0.15) is 37.7 Å². The van der Waals surface area contributed by atoms with E-state index in [2.05, 4.69) is 21.7 Å². The molecule has 94 valence electrons. The van der Waals surface area contributed by atoms with Crippen LogP contribution < -0.4 is 0 Å². The highest BCUT2D eigenvalue weighted by atomic mass is 32.1. The Kier molecular flexibility index (Phi) is 4.00. The molecule has 2 nitrogen and oxygen atoms in total. The average molecular weight is 251 g/mol. The van der Waals surface area contributed by atoms with Gasteiger partial charge in [0, 0.05) is 6.42 Å². The first-order chi connectivity index (χ1) is 8.15. The summed E-state index contributed by atoms with van der Waals surface area (Å²) >= 11 is 1.71. The second-order valence-electron chi connectivity index (χ2n) is 5.19. The fourth-order valence-electron chi connectivity index (χ4n) is 2.86. The highest BCUT2D eigenvalue weighted by Gasteiger charge is 2.41. The number of Topliss-reactive ketones (excluding diaryl/α,β-unsaturated/α-hetero) is 1. The third-order valence-corrected chi connectivity index (χ3v) is 4.76. The smallest absolute Gasteiger partial charge is 0.153 e. The first-order valence-electron chi connectivity index (χ1n) is 6.37. The predicted molar refractivity (Wildman–Crippen MR) is 72.5 cm³/mol. The summed E-state index contributed by atoms with van der Waals surface area (Å²) in [4.78, 5) is 14.6. The van der Waals surface area contributed by atoms with E-state index in [9.17, 15) is 4.79 Å². The first kappa shape index (κ1) is 12.8. The minimum atomic E-state index is -0.157. The lowest BCUT2D eigenvalue weighted by molar-refractivity contribution is -0.129. The number of carbonyl (C=O) groups is 1. The number of aryl methyl sites for hydroxylation is 1. The standard InChI is InChI=1S/C14H21NOS/c1-15(2)14(8-3-4-9-14)13(16)6-5-12-7-10-17-11-12/h7,10-11H,3-6,8-9H2,1-2H3. The fraction of sp³-hybridized carbons (Fsp3) is 0.643. The molecule has 1 aliphatic carbocycles. The van der Waals surface area contributed by atoms with Crippen molar-refractivity contribution in [2.75, 3.05) is 14.1 Å². The third-order valence-electron chi connectivity index (χ3n) is 4.03. The lowest BCUT2D eigenvalue weighted by Gasteiger charge is -2.34. The maximum atomic E-state index is 12.5. The molecule has 0 aliphatic heterocycles. The van der Waals surface area contributed by atoms with Crippen LogP contribution in [0.4, 0.5) is 0 Å². The van der Waals surface area contributed by atoms with Gasteiger partial charge in [-0.3, -0.25) is 9.69 Å². The van der Waals surface area contributed by atoms with Crippen molar-refractivity contribution in [3.63, 3.8) is 0 Å². The van der Waals surface area contributed by atoms with E-state index in [0.717, 1.165) is 19.3 Å². The van der Waals surface area contributed by atoms with Crippen LogP contribution in [0.25, 0.3) is 0 Å². The summed E-state index contributed by atoms with van der Waals surface area (Å²) in [6, 6.07) is 2.12. The topological polar surface area (TPSA) is 20.3 Å². The Bertz CT molecular complexity index is 364. The molecule has 17 heavy (non-hydrogen) atoms. The van der Waals surface area contributed by atoms with Crippen molar-refractivity contribution in [2.24, 2.45) is 0 Å². The van der Waals surface area contributed by atoms with Gasteiger partial charge in [-0.2, -0.15) is 11.3 Å². The molecule has 0 radical (unpaired) electrons. The SMILES string of the molecule is CN(C)C1(C(=O)CCc2ccsc2)CCCC1.